The quantitative estimate of drug-likeness (QED) is 0.750. The van der Waals surface area contributed by atoms with E-state index in [9.17, 15) is 8.42 Å². The minimum absolute atomic E-state index is 0.189. The summed E-state index contributed by atoms with van der Waals surface area (Å²) in [4.78, 5) is 0. The van der Waals surface area contributed by atoms with Gasteiger partial charge in [0.1, 0.15) is 0 Å². The van der Waals surface area contributed by atoms with Gasteiger partial charge in [0.2, 0.25) is 0 Å². The smallest absolute Gasteiger partial charge is 0.260 e. The van der Waals surface area contributed by atoms with Gasteiger partial charge in [0.15, 0.2) is 5.03 Å². The first-order valence-corrected chi connectivity index (χ1v) is 7.17. The number of nitrogens with zero attached hydrogens (tertiary/aromatic N) is 2. The van der Waals surface area contributed by atoms with Crippen molar-refractivity contribution in [2.45, 2.75) is 31.8 Å². The first-order chi connectivity index (χ1) is 8.04. The zero-order valence-electron chi connectivity index (χ0n) is 10.5. The molecule has 1 heterocycles. The SMILES string of the molecule is CCCN(C)S(=O)(=O)c1[nH]ncc1CNCC. The van der Waals surface area contributed by atoms with Crippen molar-refractivity contribution in [2.24, 2.45) is 0 Å². The van der Waals surface area contributed by atoms with Gasteiger partial charge in [-0.25, -0.2) is 8.42 Å². The van der Waals surface area contributed by atoms with Gasteiger partial charge >= 0.3 is 0 Å². The molecule has 98 valence electrons. The molecule has 0 saturated carbocycles. The molecule has 17 heavy (non-hydrogen) atoms. The summed E-state index contributed by atoms with van der Waals surface area (Å²) in [5.74, 6) is 0. The van der Waals surface area contributed by atoms with Gasteiger partial charge in [-0.05, 0) is 13.0 Å². The van der Waals surface area contributed by atoms with Gasteiger partial charge in [-0.2, -0.15) is 9.40 Å². The van der Waals surface area contributed by atoms with Crippen LogP contribution in [0.5, 0.6) is 0 Å². The van der Waals surface area contributed by atoms with Crippen molar-refractivity contribution in [1.82, 2.24) is 19.8 Å². The topological polar surface area (TPSA) is 78.1 Å². The van der Waals surface area contributed by atoms with Crippen LogP contribution in [-0.2, 0) is 16.6 Å². The van der Waals surface area contributed by atoms with Crippen LogP contribution in [0.4, 0.5) is 0 Å². The average molecular weight is 260 g/mol. The molecule has 0 aliphatic carbocycles. The maximum atomic E-state index is 12.2. The van der Waals surface area contributed by atoms with Gasteiger partial charge in [0.05, 0.1) is 6.20 Å². The van der Waals surface area contributed by atoms with E-state index in [1.54, 1.807) is 13.2 Å². The third-order valence-electron chi connectivity index (χ3n) is 2.45. The summed E-state index contributed by atoms with van der Waals surface area (Å²) in [7, 11) is -1.86. The number of H-pyrrole nitrogens is 1. The number of hydrogen-bond donors (Lipinski definition) is 2. The third kappa shape index (κ3) is 3.27. The number of nitrogens with one attached hydrogen (secondary N) is 2. The molecule has 1 aromatic rings. The van der Waals surface area contributed by atoms with Crippen molar-refractivity contribution < 1.29 is 8.42 Å². The first-order valence-electron chi connectivity index (χ1n) is 5.73. The van der Waals surface area contributed by atoms with Crippen LogP contribution < -0.4 is 5.32 Å². The molecule has 0 bridgehead atoms. The summed E-state index contributed by atoms with van der Waals surface area (Å²) in [5, 5.41) is 9.67. The molecule has 0 aromatic carbocycles. The Hall–Kier alpha value is -0.920. The molecule has 1 rings (SSSR count). The van der Waals surface area contributed by atoms with Gasteiger partial charge in [0.25, 0.3) is 10.0 Å². The van der Waals surface area contributed by atoms with Crippen molar-refractivity contribution in [3.8, 4) is 0 Å². The van der Waals surface area contributed by atoms with E-state index in [1.165, 1.54) is 4.31 Å². The second-order valence-electron chi connectivity index (χ2n) is 3.83. The normalized spacial score (nSPS) is 12.2. The highest BCUT2D eigenvalue weighted by Gasteiger charge is 2.24. The van der Waals surface area contributed by atoms with Crippen LogP contribution in [0.2, 0.25) is 0 Å². The molecule has 6 nitrogen and oxygen atoms in total. The van der Waals surface area contributed by atoms with E-state index >= 15 is 0 Å². The van der Waals surface area contributed by atoms with Crippen molar-refractivity contribution >= 4 is 10.0 Å². The highest BCUT2D eigenvalue weighted by atomic mass is 32.2. The van der Waals surface area contributed by atoms with Crippen LogP contribution in [0.3, 0.4) is 0 Å². The monoisotopic (exact) mass is 260 g/mol. The largest absolute Gasteiger partial charge is 0.313 e. The Morgan fingerprint density at radius 1 is 1.47 bits per heavy atom. The van der Waals surface area contributed by atoms with E-state index in [1.807, 2.05) is 13.8 Å². The van der Waals surface area contributed by atoms with E-state index in [-0.39, 0.29) is 5.03 Å². The molecule has 0 unspecified atom stereocenters. The zero-order valence-corrected chi connectivity index (χ0v) is 11.3. The molecule has 0 aliphatic heterocycles. The van der Waals surface area contributed by atoms with Crippen LogP contribution in [-0.4, -0.2) is 43.1 Å². The minimum Gasteiger partial charge on any atom is -0.313 e. The number of aromatic nitrogens is 2. The van der Waals surface area contributed by atoms with Crippen LogP contribution in [0, 0.1) is 0 Å². The number of rotatable bonds is 7. The van der Waals surface area contributed by atoms with E-state index in [4.69, 9.17) is 0 Å². The Bertz CT molecular complexity index is 441. The Kier molecular flexibility index (Phi) is 5.10. The molecule has 0 spiro atoms. The molecular formula is C10H20N4O2S. The van der Waals surface area contributed by atoms with Crippen molar-refractivity contribution in [3.05, 3.63) is 11.8 Å². The Balaban J connectivity index is 2.94. The van der Waals surface area contributed by atoms with Crippen molar-refractivity contribution in [2.75, 3.05) is 20.1 Å². The number of hydrogen-bond acceptors (Lipinski definition) is 4. The van der Waals surface area contributed by atoms with Crippen molar-refractivity contribution in [1.29, 1.82) is 0 Å². The maximum absolute atomic E-state index is 12.2. The Labute approximate surface area is 102 Å². The Morgan fingerprint density at radius 3 is 2.76 bits per heavy atom. The third-order valence-corrected chi connectivity index (χ3v) is 4.32. The second kappa shape index (κ2) is 6.13. The first kappa shape index (κ1) is 14.1. The van der Waals surface area contributed by atoms with E-state index in [2.05, 4.69) is 15.5 Å². The van der Waals surface area contributed by atoms with E-state index < -0.39 is 10.0 Å². The molecular weight excluding hydrogens is 240 g/mol. The van der Waals surface area contributed by atoms with Crippen LogP contribution in [0.1, 0.15) is 25.8 Å². The van der Waals surface area contributed by atoms with Crippen LogP contribution in [0.15, 0.2) is 11.2 Å². The predicted molar refractivity (Wildman–Crippen MR) is 66.1 cm³/mol. The Morgan fingerprint density at radius 2 is 2.18 bits per heavy atom. The summed E-state index contributed by atoms with van der Waals surface area (Å²) in [6.07, 6.45) is 2.34. The van der Waals surface area contributed by atoms with Gasteiger partial charge in [-0.1, -0.05) is 13.8 Å². The molecule has 1 aromatic heterocycles. The number of sulfonamides is 1. The molecule has 0 radical (unpaired) electrons. The summed E-state index contributed by atoms with van der Waals surface area (Å²) >= 11 is 0. The lowest BCUT2D eigenvalue weighted by Gasteiger charge is -2.15. The lowest BCUT2D eigenvalue weighted by atomic mass is 10.3. The van der Waals surface area contributed by atoms with E-state index in [0.717, 1.165) is 13.0 Å². The van der Waals surface area contributed by atoms with Crippen LogP contribution >= 0.6 is 0 Å². The standard InChI is InChI=1S/C10H20N4O2S/c1-4-6-14(3)17(15,16)10-9(7-11-5-2)8-12-13-10/h8,11H,4-7H2,1-3H3,(H,12,13). The zero-order chi connectivity index (χ0) is 12.9. The predicted octanol–water partition coefficient (Wildman–Crippen LogP) is 0.550. The molecule has 0 atom stereocenters. The fourth-order valence-corrected chi connectivity index (χ4v) is 2.86. The fourth-order valence-electron chi connectivity index (χ4n) is 1.50. The lowest BCUT2D eigenvalue weighted by Crippen LogP contribution is -2.29. The lowest BCUT2D eigenvalue weighted by molar-refractivity contribution is 0.464. The van der Waals surface area contributed by atoms with E-state index in [0.29, 0.717) is 18.7 Å². The summed E-state index contributed by atoms with van der Waals surface area (Å²) < 4.78 is 25.7. The molecule has 0 saturated heterocycles. The summed E-state index contributed by atoms with van der Waals surface area (Å²) in [6, 6.07) is 0. The highest BCUT2D eigenvalue weighted by molar-refractivity contribution is 7.89. The average Bonchev–Trinajstić information content (AvgIpc) is 2.75. The van der Waals surface area contributed by atoms with Gasteiger partial charge in [0, 0.05) is 25.7 Å². The number of aromatic amines is 1. The summed E-state index contributed by atoms with van der Waals surface area (Å²) in [6.45, 7) is 5.70. The minimum atomic E-state index is -3.44. The molecule has 0 amide bonds. The summed E-state index contributed by atoms with van der Waals surface area (Å²) in [5.41, 5.74) is 0.676. The second-order valence-corrected chi connectivity index (χ2v) is 5.81. The van der Waals surface area contributed by atoms with Crippen molar-refractivity contribution in [3.63, 3.8) is 0 Å². The van der Waals surface area contributed by atoms with Crippen LogP contribution in [0.25, 0.3) is 0 Å². The highest BCUT2D eigenvalue weighted by Crippen LogP contribution is 2.16. The molecule has 7 heteroatoms. The van der Waals surface area contributed by atoms with Gasteiger partial charge in [-0.3, -0.25) is 5.10 Å². The molecule has 2 N–H and O–H groups in total. The van der Waals surface area contributed by atoms with Gasteiger partial charge < -0.3 is 5.32 Å². The van der Waals surface area contributed by atoms with Gasteiger partial charge in [-0.15, -0.1) is 0 Å². The fraction of sp³-hybridized carbons (Fsp3) is 0.700. The molecule has 0 fully saturated rings. The molecule has 0 aliphatic rings. The maximum Gasteiger partial charge on any atom is 0.260 e.